The second-order valence-electron chi connectivity index (χ2n) is 6.02. The van der Waals surface area contributed by atoms with Gasteiger partial charge in [-0.15, -0.1) is 11.3 Å². The summed E-state index contributed by atoms with van der Waals surface area (Å²) < 4.78 is 27.9. The highest BCUT2D eigenvalue weighted by Crippen LogP contribution is 2.29. The zero-order valence-corrected chi connectivity index (χ0v) is 16.8. The van der Waals surface area contributed by atoms with Gasteiger partial charge in [0, 0.05) is 34.7 Å². The van der Waals surface area contributed by atoms with Crippen LogP contribution in [0.4, 0.5) is 5.13 Å². The Morgan fingerprint density at radius 1 is 1.36 bits per heavy atom. The highest BCUT2D eigenvalue weighted by Gasteiger charge is 2.30. The minimum atomic E-state index is -3.64. The zero-order valence-electron chi connectivity index (χ0n) is 13.6. The van der Waals surface area contributed by atoms with Crippen LogP contribution in [0.25, 0.3) is 0 Å². The third kappa shape index (κ3) is 4.11. The van der Waals surface area contributed by atoms with E-state index in [1.165, 1.54) is 21.7 Å². The van der Waals surface area contributed by atoms with Gasteiger partial charge in [-0.3, -0.25) is 10.1 Å². The molecular weight excluding hydrogens is 426 g/mol. The van der Waals surface area contributed by atoms with Crippen LogP contribution in [0.3, 0.4) is 0 Å². The number of halogens is 1. The fraction of sp³-hybridized carbons (Fsp3) is 0.375. The quantitative estimate of drug-likeness (QED) is 0.782. The lowest BCUT2D eigenvalue weighted by Gasteiger charge is -2.29. The van der Waals surface area contributed by atoms with Gasteiger partial charge in [0.05, 0.1) is 4.90 Å². The number of amides is 1. The van der Waals surface area contributed by atoms with Crippen LogP contribution in [0.15, 0.2) is 39.1 Å². The van der Waals surface area contributed by atoms with Gasteiger partial charge in [0.25, 0.3) is 5.91 Å². The number of sulfonamides is 1. The maximum atomic E-state index is 13.0. The molecule has 0 radical (unpaired) electrons. The standard InChI is InChI=1S/C16H18BrN3O3S2/c1-11-4-7-20(8-5-11)25(22,23)14-10-12(2-3-13(14)17)15(21)19-16-18-6-9-24-16/h2-3,6,9-11H,4-5,7-8H2,1H3,(H,18,19,21). The average Bonchev–Trinajstić information content (AvgIpc) is 3.08. The summed E-state index contributed by atoms with van der Waals surface area (Å²) in [6.45, 7) is 3.14. The van der Waals surface area contributed by atoms with E-state index in [9.17, 15) is 13.2 Å². The fourth-order valence-corrected chi connectivity index (χ4v) is 5.61. The lowest BCUT2D eigenvalue weighted by atomic mass is 10.0. The number of thiazole rings is 1. The van der Waals surface area contributed by atoms with Crippen LogP contribution in [0.5, 0.6) is 0 Å². The lowest BCUT2D eigenvalue weighted by molar-refractivity contribution is 0.102. The summed E-state index contributed by atoms with van der Waals surface area (Å²) in [5.74, 6) is 0.150. The molecule has 1 aromatic heterocycles. The van der Waals surface area contributed by atoms with Gasteiger partial charge in [-0.1, -0.05) is 6.92 Å². The van der Waals surface area contributed by atoms with Gasteiger partial charge < -0.3 is 0 Å². The van der Waals surface area contributed by atoms with E-state index in [1.54, 1.807) is 23.7 Å². The van der Waals surface area contributed by atoms with Crippen molar-refractivity contribution in [3.8, 4) is 0 Å². The van der Waals surface area contributed by atoms with E-state index in [4.69, 9.17) is 0 Å². The summed E-state index contributed by atoms with van der Waals surface area (Å²) in [6.07, 6.45) is 3.29. The van der Waals surface area contributed by atoms with E-state index in [1.807, 2.05) is 0 Å². The van der Waals surface area contributed by atoms with Crippen LogP contribution in [0, 0.1) is 5.92 Å². The molecule has 9 heteroatoms. The molecule has 134 valence electrons. The monoisotopic (exact) mass is 443 g/mol. The molecule has 1 amide bonds. The molecule has 0 saturated carbocycles. The molecule has 0 unspecified atom stereocenters. The summed E-state index contributed by atoms with van der Waals surface area (Å²) in [5, 5.41) is 4.90. The van der Waals surface area contributed by atoms with Crippen molar-refractivity contribution in [3.63, 3.8) is 0 Å². The number of carbonyl (C=O) groups is 1. The molecule has 1 fully saturated rings. The van der Waals surface area contributed by atoms with Crippen molar-refractivity contribution >= 4 is 48.3 Å². The predicted molar refractivity (Wildman–Crippen MR) is 101 cm³/mol. The Morgan fingerprint density at radius 3 is 2.72 bits per heavy atom. The van der Waals surface area contributed by atoms with E-state index in [-0.39, 0.29) is 16.4 Å². The molecule has 1 N–H and O–H groups in total. The molecule has 1 aliphatic rings. The highest BCUT2D eigenvalue weighted by atomic mass is 79.9. The van der Waals surface area contributed by atoms with Gasteiger partial charge in [0.2, 0.25) is 10.0 Å². The average molecular weight is 444 g/mol. The summed E-state index contributed by atoms with van der Waals surface area (Å²) in [6, 6.07) is 4.60. The lowest BCUT2D eigenvalue weighted by Crippen LogP contribution is -2.38. The number of anilines is 1. The van der Waals surface area contributed by atoms with E-state index in [0.29, 0.717) is 28.6 Å². The van der Waals surface area contributed by atoms with Gasteiger partial charge in [0.15, 0.2) is 5.13 Å². The van der Waals surface area contributed by atoms with Crippen LogP contribution in [0.2, 0.25) is 0 Å². The third-order valence-electron chi connectivity index (χ3n) is 4.21. The number of aromatic nitrogens is 1. The van der Waals surface area contributed by atoms with Crippen molar-refractivity contribution in [3.05, 3.63) is 39.8 Å². The van der Waals surface area contributed by atoms with Gasteiger partial charge >= 0.3 is 0 Å². The van der Waals surface area contributed by atoms with E-state index in [0.717, 1.165) is 12.8 Å². The molecular formula is C16H18BrN3O3S2. The number of nitrogens with zero attached hydrogens (tertiary/aromatic N) is 2. The number of hydrogen-bond donors (Lipinski definition) is 1. The number of benzene rings is 1. The second kappa shape index (κ2) is 7.53. The molecule has 2 heterocycles. The topological polar surface area (TPSA) is 79.4 Å². The second-order valence-corrected chi connectivity index (χ2v) is 9.68. The smallest absolute Gasteiger partial charge is 0.257 e. The van der Waals surface area contributed by atoms with Crippen molar-refractivity contribution < 1.29 is 13.2 Å². The number of carbonyl (C=O) groups excluding carboxylic acids is 1. The van der Waals surface area contributed by atoms with E-state index in [2.05, 4.69) is 33.2 Å². The fourth-order valence-electron chi connectivity index (χ4n) is 2.66. The van der Waals surface area contributed by atoms with Gasteiger partial charge in [-0.05, 0) is 52.9 Å². The van der Waals surface area contributed by atoms with E-state index < -0.39 is 10.0 Å². The number of rotatable bonds is 4. The summed E-state index contributed by atoms with van der Waals surface area (Å²) in [5.41, 5.74) is 0.280. The van der Waals surface area contributed by atoms with Gasteiger partial charge in [-0.2, -0.15) is 4.31 Å². The largest absolute Gasteiger partial charge is 0.298 e. The molecule has 3 rings (SSSR count). The van der Waals surface area contributed by atoms with Crippen molar-refractivity contribution in [1.82, 2.24) is 9.29 Å². The highest BCUT2D eigenvalue weighted by molar-refractivity contribution is 9.10. The van der Waals surface area contributed by atoms with Crippen molar-refractivity contribution in [1.29, 1.82) is 0 Å². The van der Waals surface area contributed by atoms with E-state index >= 15 is 0 Å². The van der Waals surface area contributed by atoms with Crippen molar-refractivity contribution in [2.24, 2.45) is 5.92 Å². The molecule has 2 aromatic rings. The van der Waals surface area contributed by atoms with Crippen LogP contribution in [-0.4, -0.2) is 36.7 Å². The third-order valence-corrected chi connectivity index (χ3v) is 7.79. The molecule has 0 atom stereocenters. The zero-order chi connectivity index (χ0) is 18.0. The number of hydrogen-bond acceptors (Lipinski definition) is 5. The number of nitrogens with one attached hydrogen (secondary N) is 1. The minimum Gasteiger partial charge on any atom is -0.298 e. The number of piperidine rings is 1. The molecule has 1 aliphatic heterocycles. The first kappa shape index (κ1) is 18.5. The SMILES string of the molecule is CC1CCN(S(=O)(=O)c2cc(C(=O)Nc3nccs3)ccc2Br)CC1. The Balaban J connectivity index is 1.87. The molecule has 6 nitrogen and oxygen atoms in total. The molecule has 1 saturated heterocycles. The maximum Gasteiger partial charge on any atom is 0.257 e. The molecule has 25 heavy (non-hydrogen) atoms. The summed E-state index contributed by atoms with van der Waals surface area (Å²) >= 11 is 4.61. The Morgan fingerprint density at radius 2 is 2.08 bits per heavy atom. The maximum absolute atomic E-state index is 13.0. The van der Waals surface area contributed by atoms with Crippen LogP contribution < -0.4 is 5.32 Å². The predicted octanol–water partition coefficient (Wildman–Crippen LogP) is 3.58. The van der Waals surface area contributed by atoms with Gasteiger partial charge in [-0.25, -0.2) is 13.4 Å². The van der Waals surface area contributed by atoms with Crippen LogP contribution in [-0.2, 0) is 10.0 Å². The Labute approximate surface area is 159 Å². The van der Waals surface area contributed by atoms with Crippen LogP contribution >= 0.6 is 27.3 Å². The first-order chi connectivity index (χ1) is 11.9. The Kier molecular flexibility index (Phi) is 5.57. The normalized spacial score (nSPS) is 16.7. The Hall–Kier alpha value is -1.29. The first-order valence-electron chi connectivity index (χ1n) is 7.88. The Bertz CT molecular complexity index is 861. The van der Waals surface area contributed by atoms with Gasteiger partial charge in [0.1, 0.15) is 0 Å². The van der Waals surface area contributed by atoms with Crippen LogP contribution in [0.1, 0.15) is 30.1 Å². The van der Waals surface area contributed by atoms with Crippen molar-refractivity contribution in [2.45, 2.75) is 24.7 Å². The minimum absolute atomic E-state index is 0.119. The summed E-state index contributed by atoms with van der Waals surface area (Å²) in [4.78, 5) is 16.5. The molecule has 1 aromatic carbocycles. The molecule has 0 aliphatic carbocycles. The summed E-state index contributed by atoms with van der Waals surface area (Å²) in [7, 11) is -3.64. The first-order valence-corrected chi connectivity index (χ1v) is 11.0. The van der Waals surface area contributed by atoms with Crippen molar-refractivity contribution in [2.75, 3.05) is 18.4 Å². The molecule has 0 spiro atoms. The molecule has 0 bridgehead atoms.